The molecule has 7 rings (SSSR count). The van der Waals surface area contributed by atoms with Crippen LogP contribution >= 0.6 is 0 Å². The van der Waals surface area contributed by atoms with E-state index in [1.807, 2.05) is 140 Å². The molecule has 0 bridgehead atoms. The van der Waals surface area contributed by atoms with Gasteiger partial charge in [-0.05, 0) is 65.2 Å². The second-order valence-electron chi connectivity index (χ2n) is 10.7. The van der Waals surface area contributed by atoms with Crippen LogP contribution in [0.3, 0.4) is 0 Å². The Balaban J connectivity index is 1.09. The third-order valence-electron chi connectivity index (χ3n) is 7.82. The van der Waals surface area contributed by atoms with Gasteiger partial charge in [0.1, 0.15) is 30.3 Å². The standard InChI is InChI=1S/C39H30N2O3/c42-39(30-10-2-1-3-11-30,31-16-22-35(23-17-31)43-26-33-20-14-28-8-4-6-12-37(28)40-33)32-18-24-36(25-19-32)44-27-34-21-15-29-9-5-7-13-38(29)41-34/h1-25,42H,26-27H2. The number of fused-ring (bicyclic) bond motifs is 2. The number of rotatable bonds is 9. The molecule has 2 aromatic heterocycles. The molecule has 5 heteroatoms. The molecule has 44 heavy (non-hydrogen) atoms. The van der Waals surface area contributed by atoms with E-state index in [4.69, 9.17) is 19.4 Å². The smallest absolute Gasteiger partial charge is 0.140 e. The van der Waals surface area contributed by atoms with E-state index in [-0.39, 0.29) is 0 Å². The van der Waals surface area contributed by atoms with E-state index < -0.39 is 5.60 Å². The first kappa shape index (κ1) is 27.3. The average molecular weight is 575 g/mol. The maximum Gasteiger partial charge on any atom is 0.140 e. The summed E-state index contributed by atoms with van der Waals surface area (Å²) in [5.41, 5.74) is 4.45. The number of nitrogens with zero attached hydrogens (tertiary/aromatic N) is 2. The van der Waals surface area contributed by atoms with E-state index in [0.717, 1.165) is 49.9 Å². The monoisotopic (exact) mass is 574 g/mol. The van der Waals surface area contributed by atoms with Gasteiger partial charge in [0.25, 0.3) is 0 Å². The minimum absolute atomic E-state index is 0.351. The molecule has 1 N–H and O–H groups in total. The number of benzene rings is 5. The number of ether oxygens (including phenoxy) is 2. The summed E-state index contributed by atoms with van der Waals surface area (Å²) in [6, 6.07) is 49.0. The molecular weight excluding hydrogens is 544 g/mol. The number of aromatic nitrogens is 2. The highest BCUT2D eigenvalue weighted by molar-refractivity contribution is 5.79. The molecule has 7 aromatic rings. The van der Waals surface area contributed by atoms with Gasteiger partial charge in [0.05, 0.1) is 22.4 Å². The van der Waals surface area contributed by atoms with Gasteiger partial charge in [-0.2, -0.15) is 0 Å². The lowest BCUT2D eigenvalue weighted by atomic mass is 9.80. The highest BCUT2D eigenvalue weighted by Gasteiger charge is 2.33. The van der Waals surface area contributed by atoms with Crippen molar-refractivity contribution in [3.63, 3.8) is 0 Å². The molecule has 0 spiro atoms. The number of hydrogen-bond acceptors (Lipinski definition) is 5. The van der Waals surface area contributed by atoms with Crippen LogP contribution < -0.4 is 9.47 Å². The van der Waals surface area contributed by atoms with Crippen molar-refractivity contribution in [3.05, 3.63) is 180 Å². The molecule has 5 nitrogen and oxygen atoms in total. The van der Waals surface area contributed by atoms with Gasteiger partial charge in [0, 0.05) is 10.8 Å². The van der Waals surface area contributed by atoms with Crippen LogP contribution in [0.2, 0.25) is 0 Å². The zero-order valence-corrected chi connectivity index (χ0v) is 24.0. The van der Waals surface area contributed by atoms with E-state index in [2.05, 4.69) is 12.1 Å². The summed E-state index contributed by atoms with van der Waals surface area (Å²) in [5, 5.41) is 14.5. The molecule has 214 valence electrons. The van der Waals surface area contributed by atoms with E-state index in [0.29, 0.717) is 24.7 Å². The maximum atomic E-state index is 12.3. The Kier molecular flexibility index (Phi) is 7.45. The molecule has 2 heterocycles. The van der Waals surface area contributed by atoms with Crippen molar-refractivity contribution in [2.24, 2.45) is 0 Å². The van der Waals surface area contributed by atoms with Crippen LogP contribution in [-0.2, 0) is 18.8 Å². The van der Waals surface area contributed by atoms with Crippen molar-refractivity contribution >= 4 is 21.8 Å². The minimum Gasteiger partial charge on any atom is -0.487 e. The molecule has 0 unspecified atom stereocenters. The van der Waals surface area contributed by atoms with Gasteiger partial charge in [-0.1, -0.05) is 103 Å². The van der Waals surface area contributed by atoms with Crippen molar-refractivity contribution in [1.29, 1.82) is 0 Å². The third kappa shape index (κ3) is 5.61. The lowest BCUT2D eigenvalue weighted by Crippen LogP contribution is -2.28. The van der Waals surface area contributed by atoms with E-state index in [9.17, 15) is 5.11 Å². The van der Waals surface area contributed by atoms with E-state index >= 15 is 0 Å². The molecule has 0 radical (unpaired) electrons. The summed E-state index contributed by atoms with van der Waals surface area (Å²) in [7, 11) is 0. The van der Waals surface area contributed by atoms with Crippen LogP contribution in [-0.4, -0.2) is 15.1 Å². The predicted molar refractivity (Wildman–Crippen MR) is 174 cm³/mol. The zero-order chi connectivity index (χ0) is 29.8. The van der Waals surface area contributed by atoms with Gasteiger partial charge in [0.2, 0.25) is 0 Å². The zero-order valence-electron chi connectivity index (χ0n) is 24.0. The summed E-state index contributed by atoms with van der Waals surface area (Å²) in [6.45, 7) is 0.701. The second kappa shape index (κ2) is 12.0. The highest BCUT2D eigenvalue weighted by Crippen LogP contribution is 2.38. The Morgan fingerprint density at radius 1 is 0.432 bits per heavy atom. The maximum absolute atomic E-state index is 12.3. The van der Waals surface area contributed by atoms with Crippen LogP contribution in [0.15, 0.2) is 152 Å². The third-order valence-corrected chi connectivity index (χ3v) is 7.82. The van der Waals surface area contributed by atoms with Crippen molar-refractivity contribution in [2.45, 2.75) is 18.8 Å². The summed E-state index contributed by atoms with van der Waals surface area (Å²) in [5.74, 6) is 1.40. The predicted octanol–water partition coefficient (Wildman–Crippen LogP) is 8.23. The van der Waals surface area contributed by atoms with Gasteiger partial charge in [-0.3, -0.25) is 0 Å². The minimum atomic E-state index is -1.38. The normalized spacial score (nSPS) is 11.5. The Hall–Kier alpha value is -5.52. The first-order valence-electron chi connectivity index (χ1n) is 14.6. The van der Waals surface area contributed by atoms with Crippen LogP contribution in [0.4, 0.5) is 0 Å². The van der Waals surface area contributed by atoms with Gasteiger partial charge < -0.3 is 14.6 Å². The van der Waals surface area contributed by atoms with Crippen LogP contribution in [0, 0.1) is 0 Å². The van der Waals surface area contributed by atoms with E-state index in [1.165, 1.54) is 0 Å². The first-order chi connectivity index (χ1) is 21.6. The van der Waals surface area contributed by atoms with E-state index in [1.54, 1.807) is 0 Å². The second-order valence-corrected chi connectivity index (χ2v) is 10.7. The van der Waals surface area contributed by atoms with Gasteiger partial charge in [-0.15, -0.1) is 0 Å². The largest absolute Gasteiger partial charge is 0.487 e. The molecular formula is C39H30N2O3. The summed E-state index contributed by atoms with van der Waals surface area (Å²) in [4.78, 5) is 9.39. The molecule has 0 saturated carbocycles. The molecule has 5 aromatic carbocycles. The average Bonchev–Trinajstić information content (AvgIpc) is 3.10. The topological polar surface area (TPSA) is 64.5 Å². The summed E-state index contributed by atoms with van der Waals surface area (Å²) < 4.78 is 12.1. The number of hydrogen-bond donors (Lipinski definition) is 1. The Morgan fingerprint density at radius 2 is 0.841 bits per heavy atom. The highest BCUT2D eigenvalue weighted by atomic mass is 16.5. The number of para-hydroxylation sites is 2. The van der Waals surface area contributed by atoms with Crippen molar-refractivity contribution in [2.75, 3.05) is 0 Å². The van der Waals surface area contributed by atoms with Crippen molar-refractivity contribution in [3.8, 4) is 11.5 Å². The Morgan fingerprint density at radius 3 is 1.32 bits per heavy atom. The number of aliphatic hydroxyl groups is 1. The Bertz CT molecular complexity index is 1900. The Labute approximate surface area is 256 Å². The fraction of sp³-hybridized carbons (Fsp3) is 0.0769. The summed E-state index contributed by atoms with van der Waals surface area (Å²) in [6.07, 6.45) is 0. The molecule has 0 aliphatic rings. The fourth-order valence-corrected chi connectivity index (χ4v) is 5.46. The quantitative estimate of drug-likeness (QED) is 0.176. The van der Waals surface area contributed by atoms with Gasteiger partial charge in [0.15, 0.2) is 0 Å². The van der Waals surface area contributed by atoms with Crippen molar-refractivity contribution in [1.82, 2.24) is 9.97 Å². The SMILES string of the molecule is OC(c1ccccc1)(c1ccc(OCc2ccc3ccccc3n2)cc1)c1ccc(OCc2ccc3ccccc3n2)cc1. The molecule has 0 saturated heterocycles. The van der Waals surface area contributed by atoms with Crippen LogP contribution in [0.5, 0.6) is 11.5 Å². The molecule has 0 atom stereocenters. The first-order valence-corrected chi connectivity index (χ1v) is 14.6. The summed E-state index contributed by atoms with van der Waals surface area (Å²) >= 11 is 0. The fourth-order valence-electron chi connectivity index (χ4n) is 5.46. The van der Waals surface area contributed by atoms with Gasteiger partial charge >= 0.3 is 0 Å². The molecule has 0 fully saturated rings. The molecule has 0 amide bonds. The number of pyridine rings is 2. The van der Waals surface area contributed by atoms with Crippen LogP contribution in [0.1, 0.15) is 28.1 Å². The lowest BCUT2D eigenvalue weighted by Gasteiger charge is -2.30. The van der Waals surface area contributed by atoms with Crippen LogP contribution in [0.25, 0.3) is 21.8 Å². The molecule has 0 aliphatic heterocycles. The lowest BCUT2D eigenvalue weighted by molar-refractivity contribution is 0.125. The van der Waals surface area contributed by atoms with Gasteiger partial charge in [-0.25, -0.2) is 9.97 Å². The molecule has 0 aliphatic carbocycles. The van der Waals surface area contributed by atoms with Crippen molar-refractivity contribution < 1.29 is 14.6 Å².